The zero-order chi connectivity index (χ0) is 14.8. The first-order valence-corrected chi connectivity index (χ1v) is 8.85. The largest absolute Gasteiger partial charge is 0.328 e. The lowest BCUT2D eigenvalue weighted by atomic mass is 9.93. The van der Waals surface area contributed by atoms with Gasteiger partial charge >= 0.3 is 0 Å². The molecule has 1 aliphatic heterocycles. The Morgan fingerprint density at radius 2 is 2.15 bits per heavy atom. The van der Waals surface area contributed by atoms with E-state index >= 15 is 0 Å². The third-order valence-corrected chi connectivity index (χ3v) is 6.02. The molecule has 1 saturated heterocycles. The Morgan fingerprint density at radius 3 is 2.80 bits per heavy atom. The van der Waals surface area contributed by atoms with Crippen molar-refractivity contribution < 1.29 is 8.42 Å². The summed E-state index contributed by atoms with van der Waals surface area (Å²) in [5.74, 6) is 0.197. The van der Waals surface area contributed by atoms with Crippen molar-refractivity contribution in [3.05, 3.63) is 34.9 Å². The number of halogens is 1. The minimum atomic E-state index is -3.33. The Morgan fingerprint density at radius 1 is 1.45 bits per heavy atom. The molecule has 0 bridgehead atoms. The molecule has 2 atom stereocenters. The summed E-state index contributed by atoms with van der Waals surface area (Å²) in [4.78, 5) is 0. The monoisotopic (exact) mass is 316 g/mol. The molecule has 20 heavy (non-hydrogen) atoms. The molecule has 6 heteroatoms. The molecule has 0 unspecified atom stereocenters. The van der Waals surface area contributed by atoms with Gasteiger partial charge in [-0.05, 0) is 37.3 Å². The average molecular weight is 317 g/mol. The van der Waals surface area contributed by atoms with Crippen LogP contribution in [0.15, 0.2) is 24.3 Å². The normalized spacial score (nSPS) is 22.6. The highest BCUT2D eigenvalue weighted by Crippen LogP contribution is 2.25. The summed E-state index contributed by atoms with van der Waals surface area (Å²) in [5, 5.41) is 0.497. The van der Waals surface area contributed by atoms with Gasteiger partial charge in [0.1, 0.15) is 0 Å². The molecule has 1 aromatic rings. The highest BCUT2D eigenvalue weighted by molar-refractivity contribution is 7.88. The molecule has 1 heterocycles. The number of nitrogens with zero attached hydrogens (tertiary/aromatic N) is 1. The molecule has 0 aliphatic carbocycles. The average Bonchev–Trinajstić information content (AvgIpc) is 2.41. The standard InChI is InChI=1S/C14H21ClN2O2S/c1-11(16)12-6-4-8-17(9-12)20(18,19)10-13-5-2-3-7-14(13)15/h2-3,5,7,11-12H,4,6,8-10,16H2,1H3/t11-,12+/m0/s1. The van der Waals surface area contributed by atoms with Crippen LogP contribution >= 0.6 is 11.6 Å². The lowest BCUT2D eigenvalue weighted by Crippen LogP contribution is -2.45. The van der Waals surface area contributed by atoms with Crippen molar-refractivity contribution in [3.8, 4) is 0 Å². The number of hydrogen-bond acceptors (Lipinski definition) is 3. The van der Waals surface area contributed by atoms with Crippen LogP contribution in [0.3, 0.4) is 0 Å². The highest BCUT2D eigenvalue weighted by Gasteiger charge is 2.30. The third kappa shape index (κ3) is 3.73. The molecule has 4 nitrogen and oxygen atoms in total. The zero-order valence-corrected chi connectivity index (χ0v) is 13.2. The van der Waals surface area contributed by atoms with Crippen molar-refractivity contribution in [2.75, 3.05) is 13.1 Å². The van der Waals surface area contributed by atoms with Crippen LogP contribution in [0.4, 0.5) is 0 Å². The fourth-order valence-corrected chi connectivity index (χ4v) is 4.49. The molecule has 0 amide bonds. The summed E-state index contributed by atoms with van der Waals surface area (Å²) in [6.07, 6.45) is 1.86. The van der Waals surface area contributed by atoms with E-state index in [2.05, 4.69) is 0 Å². The Balaban J connectivity index is 2.12. The van der Waals surface area contributed by atoms with Crippen LogP contribution in [0.25, 0.3) is 0 Å². The van der Waals surface area contributed by atoms with Gasteiger partial charge in [-0.1, -0.05) is 29.8 Å². The molecule has 0 saturated carbocycles. The fourth-order valence-electron chi connectivity index (χ4n) is 2.56. The summed E-state index contributed by atoms with van der Waals surface area (Å²) in [7, 11) is -3.33. The lowest BCUT2D eigenvalue weighted by Gasteiger charge is -2.33. The van der Waals surface area contributed by atoms with E-state index in [0.717, 1.165) is 12.8 Å². The van der Waals surface area contributed by atoms with Crippen LogP contribution in [0.1, 0.15) is 25.3 Å². The summed E-state index contributed by atoms with van der Waals surface area (Å²) >= 11 is 6.05. The Labute approximate surface area is 126 Å². The van der Waals surface area contributed by atoms with Gasteiger partial charge in [0.25, 0.3) is 0 Å². The van der Waals surface area contributed by atoms with Crippen molar-refractivity contribution >= 4 is 21.6 Å². The van der Waals surface area contributed by atoms with Crippen molar-refractivity contribution in [2.45, 2.75) is 31.6 Å². The minimum Gasteiger partial charge on any atom is -0.328 e. The summed E-state index contributed by atoms with van der Waals surface area (Å²) in [6, 6.07) is 7.09. The van der Waals surface area contributed by atoms with E-state index in [-0.39, 0.29) is 17.7 Å². The zero-order valence-electron chi connectivity index (χ0n) is 11.6. The van der Waals surface area contributed by atoms with Crippen molar-refractivity contribution in [1.29, 1.82) is 0 Å². The Hall–Kier alpha value is -0.620. The Kier molecular flexibility index (Phi) is 5.07. The quantitative estimate of drug-likeness (QED) is 0.926. The second-order valence-corrected chi connectivity index (χ2v) is 7.84. The van der Waals surface area contributed by atoms with Gasteiger partial charge < -0.3 is 5.73 Å². The van der Waals surface area contributed by atoms with E-state index < -0.39 is 10.0 Å². The van der Waals surface area contributed by atoms with Crippen LogP contribution in [0, 0.1) is 5.92 Å². The molecule has 1 fully saturated rings. The lowest BCUT2D eigenvalue weighted by molar-refractivity contribution is 0.243. The maximum Gasteiger partial charge on any atom is 0.218 e. The number of rotatable bonds is 4. The second kappa shape index (κ2) is 6.43. The number of hydrogen-bond donors (Lipinski definition) is 1. The van der Waals surface area contributed by atoms with Crippen LogP contribution < -0.4 is 5.73 Å². The SMILES string of the molecule is C[C@H](N)[C@@H]1CCCN(S(=O)(=O)Cc2ccccc2Cl)C1. The maximum absolute atomic E-state index is 12.5. The molecular weight excluding hydrogens is 296 g/mol. The predicted octanol–water partition coefficient (Wildman–Crippen LogP) is 2.23. The first-order chi connectivity index (χ1) is 9.40. The van der Waals surface area contributed by atoms with Crippen molar-refractivity contribution in [3.63, 3.8) is 0 Å². The van der Waals surface area contributed by atoms with E-state index in [1.807, 2.05) is 6.92 Å². The van der Waals surface area contributed by atoms with Gasteiger partial charge in [0.05, 0.1) is 5.75 Å². The number of benzene rings is 1. The molecule has 0 spiro atoms. The molecule has 1 aromatic carbocycles. The van der Waals surface area contributed by atoms with E-state index in [0.29, 0.717) is 23.7 Å². The summed E-state index contributed by atoms with van der Waals surface area (Å²) in [5.41, 5.74) is 6.56. The summed E-state index contributed by atoms with van der Waals surface area (Å²) in [6.45, 7) is 3.04. The van der Waals surface area contributed by atoms with Crippen LogP contribution in [0.2, 0.25) is 5.02 Å². The van der Waals surface area contributed by atoms with Gasteiger partial charge in [-0.2, -0.15) is 0 Å². The number of sulfonamides is 1. The van der Waals surface area contributed by atoms with E-state index in [1.165, 1.54) is 0 Å². The predicted molar refractivity (Wildman–Crippen MR) is 82.0 cm³/mol. The van der Waals surface area contributed by atoms with Crippen LogP contribution in [0.5, 0.6) is 0 Å². The maximum atomic E-state index is 12.5. The number of piperidine rings is 1. The topological polar surface area (TPSA) is 63.4 Å². The van der Waals surface area contributed by atoms with Crippen LogP contribution in [-0.2, 0) is 15.8 Å². The third-order valence-electron chi connectivity index (χ3n) is 3.85. The number of nitrogens with two attached hydrogens (primary N) is 1. The molecule has 2 N–H and O–H groups in total. The smallest absolute Gasteiger partial charge is 0.218 e. The molecule has 1 aliphatic rings. The van der Waals surface area contributed by atoms with Crippen molar-refractivity contribution in [1.82, 2.24) is 4.31 Å². The fraction of sp³-hybridized carbons (Fsp3) is 0.571. The van der Waals surface area contributed by atoms with E-state index in [1.54, 1.807) is 28.6 Å². The van der Waals surface area contributed by atoms with Crippen molar-refractivity contribution in [2.24, 2.45) is 11.7 Å². The molecule has 112 valence electrons. The molecule has 2 rings (SSSR count). The van der Waals surface area contributed by atoms with Gasteiger partial charge in [0.15, 0.2) is 0 Å². The first-order valence-electron chi connectivity index (χ1n) is 6.87. The molecule has 0 aromatic heterocycles. The van der Waals surface area contributed by atoms with Gasteiger partial charge in [-0.3, -0.25) is 0 Å². The van der Waals surface area contributed by atoms with E-state index in [4.69, 9.17) is 17.3 Å². The second-order valence-electron chi connectivity index (χ2n) is 5.47. The van der Waals surface area contributed by atoms with Crippen LogP contribution in [-0.4, -0.2) is 31.9 Å². The van der Waals surface area contributed by atoms with Gasteiger partial charge in [-0.25, -0.2) is 12.7 Å². The molecular formula is C14H21ClN2O2S. The Bertz CT molecular complexity index is 560. The summed E-state index contributed by atoms with van der Waals surface area (Å²) < 4.78 is 26.6. The minimum absolute atomic E-state index is 0.0216. The van der Waals surface area contributed by atoms with Gasteiger partial charge in [-0.15, -0.1) is 0 Å². The highest BCUT2D eigenvalue weighted by atomic mass is 35.5. The first kappa shape index (κ1) is 15.8. The van der Waals surface area contributed by atoms with Gasteiger partial charge in [0, 0.05) is 24.2 Å². The molecule has 0 radical (unpaired) electrons. The van der Waals surface area contributed by atoms with E-state index in [9.17, 15) is 8.42 Å². The van der Waals surface area contributed by atoms with Gasteiger partial charge in [0.2, 0.25) is 10.0 Å².